The molecule has 3 rings (SSSR count). The van der Waals surface area contributed by atoms with Crippen molar-refractivity contribution >= 4 is 16.6 Å². The fourth-order valence-electron chi connectivity index (χ4n) is 2.63. The number of likely N-dealkylation sites (tertiary alicyclic amines) is 1. The zero-order valence-electron chi connectivity index (χ0n) is 10.1. The maximum Gasteiger partial charge on any atom is 0.0457 e. The maximum atomic E-state index is 5.78. The molecule has 17 heavy (non-hydrogen) atoms. The molecule has 3 heteroatoms. The molecule has 1 aromatic carbocycles. The van der Waals surface area contributed by atoms with Gasteiger partial charge in [0.15, 0.2) is 0 Å². The molecule has 0 atom stereocenters. The van der Waals surface area contributed by atoms with Crippen LogP contribution in [0, 0.1) is 0 Å². The minimum atomic E-state index is 0.836. The van der Waals surface area contributed by atoms with Crippen LogP contribution in [0.2, 0.25) is 0 Å². The van der Waals surface area contributed by atoms with Crippen molar-refractivity contribution in [3.63, 3.8) is 0 Å². The number of nitrogens with two attached hydrogens (primary N) is 1. The lowest BCUT2D eigenvalue weighted by molar-refractivity contribution is 0.342. The number of H-pyrrole nitrogens is 1. The first-order valence-electron chi connectivity index (χ1n) is 6.41. The van der Waals surface area contributed by atoms with E-state index in [-0.39, 0.29) is 0 Å². The quantitative estimate of drug-likeness (QED) is 0.794. The molecule has 1 aliphatic rings. The fraction of sp³-hybridized carbons (Fsp3) is 0.429. The van der Waals surface area contributed by atoms with Gasteiger partial charge < -0.3 is 15.6 Å². The molecule has 90 valence electrons. The number of rotatable bonds is 3. The predicted molar refractivity (Wildman–Crippen MR) is 72.1 cm³/mol. The van der Waals surface area contributed by atoms with E-state index in [0.717, 1.165) is 12.1 Å². The second-order valence-electron chi connectivity index (χ2n) is 4.94. The molecule has 1 fully saturated rings. The average molecular weight is 229 g/mol. The van der Waals surface area contributed by atoms with Gasteiger partial charge in [-0.1, -0.05) is 0 Å². The molecule has 0 spiro atoms. The summed E-state index contributed by atoms with van der Waals surface area (Å²) in [6.07, 6.45) is 3.83. The smallest absolute Gasteiger partial charge is 0.0457 e. The van der Waals surface area contributed by atoms with Crippen LogP contribution in [0.3, 0.4) is 0 Å². The highest BCUT2D eigenvalue weighted by Crippen LogP contribution is 2.19. The Morgan fingerprint density at radius 1 is 1.18 bits per heavy atom. The minimum Gasteiger partial charge on any atom is -0.399 e. The van der Waals surface area contributed by atoms with Crippen LogP contribution in [0.4, 0.5) is 5.69 Å². The summed E-state index contributed by atoms with van der Waals surface area (Å²) in [5, 5.41) is 1.22. The van der Waals surface area contributed by atoms with Crippen molar-refractivity contribution in [2.45, 2.75) is 19.3 Å². The summed E-state index contributed by atoms with van der Waals surface area (Å²) >= 11 is 0. The van der Waals surface area contributed by atoms with E-state index in [0.29, 0.717) is 0 Å². The summed E-state index contributed by atoms with van der Waals surface area (Å²) in [6, 6.07) is 8.26. The molecule has 1 aliphatic heterocycles. The van der Waals surface area contributed by atoms with Crippen molar-refractivity contribution in [2.75, 3.05) is 25.4 Å². The molecule has 3 nitrogen and oxygen atoms in total. The number of nitrogen functional groups attached to an aromatic ring is 1. The standard InChI is InChI=1S/C14H19N3/c15-12-3-4-14-11(9-12)10-13(16-14)5-8-17-6-1-2-7-17/h3-4,9-10,16H,1-2,5-8,15H2. The molecular weight excluding hydrogens is 210 g/mol. The Labute approximate surface area is 102 Å². The Kier molecular flexibility index (Phi) is 2.77. The number of fused-ring (bicyclic) bond motifs is 1. The number of hydrogen-bond donors (Lipinski definition) is 2. The topological polar surface area (TPSA) is 45.1 Å². The molecular formula is C14H19N3. The molecule has 0 aliphatic carbocycles. The van der Waals surface area contributed by atoms with Gasteiger partial charge in [-0.25, -0.2) is 0 Å². The van der Waals surface area contributed by atoms with Gasteiger partial charge in [0.25, 0.3) is 0 Å². The summed E-state index contributed by atoms with van der Waals surface area (Å²) in [5.74, 6) is 0. The summed E-state index contributed by atoms with van der Waals surface area (Å²) in [7, 11) is 0. The molecule has 3 N–H and O–H groups in total. The second kappa shape index (κ2) is 4.41. The van der Waals surface area contributed by atoms with Gasteiger partial charge in [-0.15, -0.1) is 0 Å². The third-order valence-corrected chi connectivity index (χ3v) is 3.60. The summed E-state index contributed by atoms with van der Waals surface area (Å²) in [6.45, 7) is 3.71. The van der Waals surface area contributed by atoms with E-state index >= 15 is 0 Å². The van der Waals surface area contributed by atoms with Crippen LogP contribution in [0.5, 0.6) is 0 Å². The van der Waals surface area contributed by atoms with Gasteiger partial charge in [0.1, 0.15) is 0 Å². The highest BCUT2D eigenvalue weighted by Gasteiger charge is 2.11. The second-order valence-corrected chi connectivity index (χ2v) is 4.94. The Morgan fingerprint density at radius 2 is 2.00 bits per heavy atom. The lowest BCUT2D eigenvalue weighted by Gasteiger charge is -2.13. The van der Waals surface area contributed by atoms with E-state index < -0.39 is 0 Å². The Hall–Kier alpha value is -1.48. The van der Waals surface area contributed by atoms with Crippen molar-refractivity contribution in [3.05, 3.63) is 30.0 Å². The summed E-state index contributed by atoms with van der Waals surface area (Å²) in [4.78, 5) is 6.01. The van der Waals surface area contributed by atoms with Gasteiger partial charge in [0.2, 0.25) is 0 Å². The fourth-order valence-corrected chi connectivity index (χ4v) is 2.63. The van der Waals surface area contributed by atoms with Crippen LogP contribution in [0.15, 0.2) is 24.3 Å². The van der Waals surface area contributed by atoms with Crippen LogP contribution >= 0.6 is 0 Å². The molecule has 1 aromatic heterocycles. The van der Waals surface area contributed by atoms with E-state index in [1.807, 2.05) is 12.1 Å². The Bertz CT molecular complexity index is 509. The summed E-state index contributed by atoms with van der Waals surface area (Å²) < 4.78 is 0. The SMILES string of the molecule is Nc1ccc2[nH]c(CCN3CCCC3)cc2c1. The highest BCUT2D eigenvalue weighted by molar-refractivity contribution is 5.83. The van der Waals surface area contributed by atoms with Crippen molar-refractivity contribution in [1.82, 2.24) is 9.88 Å². The van der Waals surface area contributed by atoms with Crippen molar-refractivity contribution in [3.8, 4) is 0 Å². The molecule has 0 unspecified atom stereocenters. The minimum absolute atomic E-state index is 0.836. The maximum absolute atomic E-state index is 5.78. The third-order valence-electron chi connectivity index (χ3n) is 3.60. The first kappa shape index (κ1) is 10.7. The van der Waals surface area contributed by atoms with Gasteiger partial charge in [-0.2, -0.15) is 0 Å². The molecule has 2 aromatic rings. The van der Waals surface area contributed by atoms with Gasteiger partial charge in [0.05, 0.1) is 0 Å². The molecule has 2 heterocycles. The molecule has 0 radical (unpaired) electrons. The van der Waals surface area contributed by atoms with E-state index in [4.69, 9.17) is 5.73 Å². The largest absolute Gasteiger partial charge is 0.399 e. The lowest BCUT2D eigenvalue weighted by atomic mass is 10.2. The van der Waals surface area contributed by atoms with Crippen LogP contribution < -0.4 is 5.73 Å². The number of anilines is 1. The number of aromatic nitrogens is 1. The third kappa shape index (κ3) is 2.29. The molecule has 1 saturated heterocycles. The van der Waals surface area contributed by atoms with Crippen molar-refractivity contribution in [1.29, 1.82) is 0 Å². The Balaban J connectivity index is 1.72. The first-order chi connectivity index (χ1) is 8.31. The molecule has 0 amide bonds. The molecule has 0 saturated carbocycles. The van der Waals surface area contributed by atoms with Gasteiger partial charge in [-0.05, 0) is 50.2 Å². The monoisotopic (exact) mass is 229 g/mol. The normalized spacial score (nSPS) is 16.9. The number of nitrogens with zero attached hydrogens (tertiary/aromatic N) is 1. The van der Waals surface area contributed by atoms with Gasteiger partial charge in [0, 0.05) is 35.2 Å². The van der Waals surface area contributed by atoms with Gasteiger partial charge >= 0.3 is 0 Å². The van der Waals surface area contributed by atoms with Crippen LogP contribution in [0.1, 0.15) is 18.5 Å². The van der Waals surface area contributed by atoms with E-state index in [1.165, 1.54) is 49.1 Å². The zero-order chi connectivity index (χ0) is 11.7. The number of benzene rings is 1. The Morgan fingerprint density at radius 3 is 2.82 bits per heavy atom. The zero-order valence-corrected chi connectivity index (χ0v) is 10.1. The lowest BCUT2D eigenvalue weighted by Crippen LogP contribution is -2.21. The van der Waals surface area contributed by atoms with Crippen LogP contribution in [-0.4, -0.2) is 29.5 Å². The summed E-state index contributed by atoms with van der Waals surface area (Å²) in [5.41, 5.74) is 9.13. The van der Waals surface area contributed by atoms with E-state index in [9.17, 15) is 0 Å². The predicted octanol–water partition coefficient (Wildman–Crippen LogP) is 2.39. The van der Waals surface area contributed by atoms with E-state index in [1.54, 1.807) is 0 Å². The number of hydrogen-bond acceptors (Lipinski definition) is 2. The van der Waals surface area contributed by atoms with E-state index in [2.05, 4.69) is 22.0 Å². The van der Waals surface area contributed by atoms with Gasteiger partial charge in [-0.3, -0.25) is 0 Å². The molecule has 0 bridgehead atoms. The van der Waals surface area contributed by atoms with Crippen molar-refractivity contribution in [2.24, 2.45) is 0 Å². The van der Waals surface area contributed by atoms with Crippen LogP contribution in [0.25, 0.3) is 10.9 Å². The first-order valence-corrected chi connectivity index (χ1v) is 6.41. The van der Waals surface area contributed by atoms with Crippen LogP contribution in [-0.2, 0) is 6.42 Å². The number of nitrogens with one attached hydrogen (secondary N) is 1. The van der Waals surface area contributed by atoms with Crippen molar-refractivity contribution < 1.29 is 0 Å². The highest BCUT2D eigenvalue weighted by atomic mass is 15.1. The average Bonchev–Trinajstić information content (AvgIpc) is 2.94. The number of aromatic amines is 1.